The van der Waals surface area contributed by atoms with Crippen LogP contribution < -0.4 is 16.2 Å². The van der Waals surface area contributed by atoms with Crippen LogP contribution in [0.2, 0.25) is 0 Å². The van der Waals surface area contributed by atoms with Gasteiger partial charge >= 0.3 is 5.97 Å². The number of rotatable bonds is 4. The smallest absolute Gasteiger partial charge is 0.338 e. The van der Waals surface area contributed by atoms with Crippen LogP contribution in [0.1, 0.15) is 15.9 Å². The van der Waals surface area contributed by atoms with Gasteiger partial charge in [-0.3, -0.25) is 0 Å². The zero-order chi connectivity index (χ0) is 14.5. The first-order valence-electron chi connectivity index (χ1n) is 5.91. The van der Waals surface area contributed by atoms with Crippen molar-refractivity contribution < 1.29 is 14.3 Å². The van der Waals surface area contributed by atoms with Crippen LogP contribution in [0.5, 0.6) is 5.88 Å². The molecule has 0 amide bonds. The number of methoxy groups -OCH3 is 1. The third kappa shape index (κ3) is 3.17. The van der Waals surface area contributed by atoms with Crippen molar-refractivity contribution in [3.05, 3.63) is 47.7 Å². The largest absolute Gasteiger partial charge is 0.481 e. The van der Waals surface area contributed by atoms with Crippen molar-refractivity contribution in [1.82, 2.24) is 4.98 Å². The predicted octanol–water partition coefficient (Wildman–Crippen LogP) is 1.61. The van der Waals surface area contributed by atoms with Crippen molar-refractivity contribution >= 4 is 17.3 Å². The molecule has 0 atom stereocenters. The van der Waals surface area contributed by atoms with Gasteiger partial charge in [0.25, 0.3) is 0 Å². The molecule has 6 heteroatoms. The highest BCUT2D eigenvalue weighted by atomic mass is 16.5. The fourth-order valence-corrected chi connectivity index (χ4v) is 1.74. The van der Waals surface area contributed by atoms with Crippen LogP contribution in [0, 0.1) is 0 Å². The minimum absolute atomic E-state index is 0.0601. The molecule has 0 spiro atoms. The summed E-state index contributed by atoms with van der Waals surface area (Å²) in [7, 11) is 1.51. The minimum atomic E-state index is -0.505. The highest BCUT2D eigenvalue weighted by Gasteiger charge is 2.11. The summed E-state index contributed by atoms with van der Waals surface area (Å²) in [5.41, 5.74) is 13.1. The van der Waals surface area contributed by atoms with Crippen molar-refractivity contribution in [3.8, 4) is 5.88 Å². The van der Waals surface area contributed by atoms with Gasteiger partial charge in [0.15, 0.2) is 0 Å². The van der Waals surface area contributed by atoms with Gasteiger partial charge in [-0.15, -0.1) is 0 Å². The summed E-state index contributed by atoms with van der Waals surface area (Å²) >= 11 is 0. The fraction of sp³-hybridized carbons (Fsp3) is 0.143. The quantitative estimate of drug-likeness (QED) is 0.648. The minimum Gasteiger partial charge on any atom is -0.481 e. The van der Waals surface area contributed by atoms with E-state index in [4.69, 9.17) is 20.9 Å². The molecule has 4 N–H and O–H groups in total. The van der Waals surface area contributed by atoms with Crippen LogP contribution in [-0.2, 0) is 11.3 Å². The van der Waals surface area contributed by atoms with E-state index in [1.54, 1.807) is 24.4 Å². The van der Waals surface area contributed by atoms with Gasteiger partial charge in [0, 0.05) is 17.6 Å². The highest BCUT2D eigenvalue weighted by Crippen LogP contribution is 2.18. The number of nitrogens with zero attached hydrogens (tertiary/aromatic N) is 1. The first-order chi connectivity index (χ1) is 9.60. The number of nitrogen functional groups attached to an aromatic ring is 2. The Hall–Kier alpha value is -2.76. The Morgan fingerprint density at radius 1 is 1.25 bits per heavy atom. The Morgan fingerprint density at radius 3 is 2.60 bits per heavy atom. The Labute approximate surface area is 116 Å². The number of carbonyl (C=O) groups is 1. The molecular formula is C14H15N3O3. The number of hydrogen-bond acceptors (Lipinski definition) is 6. The first kappa shape index (κ1) is 13.7. The molecule has 0 unspecified atom stereocenters. The molecule has 2 rings (SSSR count). The maximum atomic E-state index is 11.9. The Bertz CT molecular complexity index is 609. The van der Waals surface area contributed by atoms with E-state index in [9.17, 15) is 4.79 Å². The lowest BCUT2D eigenvalue weighted by Crippen LogP contribution is -2.07. The molecule has 20 heavy (non-hydrogen) atoms. The lowest BCUT2D eigenvalue weighted by molar-refractivity contribution is 0.0469. The zero-order valence-electron chi connectivity index (χ0n) is 11.0. The summed E-state index contributed by atoms with van der Waals surface area (Å²) in [6.07, 6.45) is 1.60. The highest BCUT2D eigenvalue weighted by molar-refractivity contribution is 5.91. The molecule has 1 aromatic heterocycles. The molecule has 0 saturated carbocycles. The molecule has 0 saturated heterocycles. The molecule has 2 aromatic rings. The van der Waals surface area contributed by atoms with Crippen molar-refractivity contribution in [3.63, 3.8) is 0 Å². The second-order valence-corrected chi connectivity index (χ2v) is 4.14. The summed E-state index contributed by atoms with van der Waals surface area (Å²) in [6, 6.07) is 8.11. The van der Waals surface area contributed by atoms with Crippen LogP contribution in [0.15, 0.2) is 36.5 Å². The van der Waals surface area contributed by atoms with E-state index in [-0.39, 0.29) is 6.61 Å². The van der Waals surface area contributed by atoms with Crippen molar-refractivity contribution in [2.75, 3.05) is 18.6 Å². The first-order valence-corrected chi connectivity index (χ1v) is 5.91. The molecular weight excluding hydrogens is 258 g/mol. The summed E-state index contributed by atoms with van der Waals surface area (Å²) < 4.78 is 10.3. The molecule has 0 aliphatic rings. The van der Waals surface area contributed by atoms with Crippen molar-refractivity contribution in [1.29, 1.82) is 0 Å². The lowest BCUT2D eigenvalue weighted by Gasteiger charge is -2.09. The van der Waals surface area contributed by atoms with Gasteiger partial charge in [0.2, 0.25) is 5.88 Å². The monoisotopic (exact) mass is 273 g/mol. The molecule has 6 nitrogen and oxygen atoms in total. The number of anilines is 2. The van der Waals surface area contributed by atoms with E-state index in [1.807, 2.05) is 0 Å². The molecule has 1 heterocycles. The molecule has 0 fully saturated rings. The average Bonchev–Trinajstić information content (AvgIpc) is 2.44. The van der Waals surface area contributed by atoms with E-state index in [2.05, 4.69) is 4.98 Å². The normalized spacial score (nSPS) is 10.1. The molecule has 0 bridgehead atoms. The predicted molar refractivity (Wildman–Crippen MR) is 75.2 cm³/mol. The second kappa shape index (κ2) is 5.92. The van der Waals surface area contributed by atoms with E-state index >= 15 is 0 Å². The Morgan fingerprint density at radius 2 is 1.95 bits per heavy atom. The SMILES string of the molecule is COc1ncccc1COC(=O)c1cc(N)cc(N)c1. The van der Waals surface area contributed by atoms with Crippen molar-refractivity contribution in [2.24, 2.45) is 0 Å². The van der Waals surface area contributed by atoms with Crippen LogP contribution in [-0.4, -0.2) is 18.1 Å². The number of nitrogens with two attached hydrogens (primary N) is 2. The van der Waals surface area contributed by atoms with Gasteiger partial charge in [-0.1, -0.05) is 0 Å². The van der Waals surface area contributed by atoms with E-state index < -0.39 is 5.97 Å². The number of pyridine rings is 1. The molecule has 0 radical (unpaired) electrons. The lowest BCUT2D eigenvalue weighted by atomic mass is 10.2. The molecule has 0 aliphatic carbocycles. The summed E-state index contributed by atoms with van der Waals surface area (Å²) in [5.74, 6) is -0.0812. The van der Waals surface area contributed by atoms with Gasteiger partial charge in [-0.2, -0.15) is 0 Å². The van der Waals surface area contributed by atoms with Crippen molar-refractivity contribution in [2.45, 2.75) is 6.61 Å². The van der Waals surface area contributed by atoms with Gasteiger partial charge < -0.3 is 20.9 Å². The third-order valence-electron chi connectivity index (χ3n) is 2.62. The van der Waals surface area contributed by atoms with E-state index in [1.165, 1.54) is 19.2 Å². The third-order valence-corrected chi connectivity index (χ3v) is 2.62. The zero-order valence-corrected chi connectivity index (χ0v) is 11.0. The summed E-state index contributed by atoms with van der Waals surface area (Å²) in [5, 5.41) is 0. The van der Waals surface area contributed by atoms with Gasteiger partial charge in [-0.25, -0.2) is 9.78 Å². The summed E-state index contributed by atoms with van der Waals surface area (Å²) in [4.78, 5) is 16.0. The molecule has 104 valence electrons. The maximum absolute atomic E-state index is 11.9. The standard InChI is InChI=1S/C14H15N3O3/c1-19-13-9(3-2-4-17-13)8-20-14(18)10-5-11(15)7-12(16)6-10/h2-7H,8,15-16H2,1H3. The Kier molecular flexibility index (Phi) is 4.05. The maximum Gasteiger partial charge on any atom is 0.338 e. The van der Waals surface area contributed by atoms with Crippen LogP contribution in [0.3, 0.4) is 0 Å². The van der Waals surface area contributed by atoms with Crippen LogP contribution in [0.25, 0.3) is 0 Å². The molecule has 1 aromatic carbocycles. The fourth-order valence-electron chi connectivity index (χ4n) is 1.74. The van der Waals surface area contributed by atoms with Gasteiger partial charge in [-0.05, 0) is 30.3 Å². The number of carbonyl (C=O) groups excluding carboxylic acids is 1. The number of esters is 1. The van der Waals surface area contributed by atoms with Gasteiger partial charge in [0.1, 0.15) is 6.61 Å². The number of benzene rings is 1. The average molecular weight is 273 g/mol. The summed E-state index contributed by atoms with van der Waals surface area (Å²) in [6.45, 7) is 0.0601. The molecule has 0 aliphatic heterocycles. The van der Waals surface area contributed by atoms with Crippen LogP contribution >= 0.6 is 0 Å². The topological polar surface area (TPSA) is 100 Å². The van der Waals surface area contributed by atoms with Crippen LogP contribution in [0.4, 0.5) is 11.4 Å². The number of ether oxygens (including phenoxy) is 2. The van der Waals surface area contributed by atoms with E-state index in [0.717, 1.165) is 0 Å². The number of hydrogen-bond donors (Lipinski definition) is 2. The Balaban J connectivity index is 2.08. The number of aromatic nitrogens is 1. The van der Waals surface area contributed by atoms with Gasteiger partial charge in [0.05, 0.1) is 18.2 Å². The van der Waals surface area contributed by atoms with E-state index in [0.29, 0.717) is 28.4 Å². The second-order valence-electron chi connectivity index (χ2n) is 4.14.